The van der Waals surface area contributed by atoms with Crippen molar-refractivity contribution in [2.75, 3.05) is 18.1 Å². The van der Waals surface area contributed by atoms with E-state index >= 15 is 0 Å². The Morgan fingerprint density at radius 3 is 2.50 bits per heavy atom. The summed E-state index contributed by atoms with van der Waals surface area (Å²) < 4.78 is 37.1. The molecular weight excluding hydrogens is 331 g/mol. The van der Waals surface area contributed by atoms with Crippen LogP contribution in [0.2, 0.25) is 0 Å². The maximum absolute atomic E-state index is 13.8. The van der Waals surface area contributed by atoms with E-state index in [2.05, 4.69) is 10.6 Å². The highest BCUT2D eigenvalue weighted by Gasteiger charge is 2.18. The van der Waals surface area contributed by atoms with E-state index in [1.54, 1.807) is 0 Å². The van der Waals surface area contributed by atoms with Crippen LogP contribution >= 0.6 is 0 Å². The Kier molecular flexibility index (Phi) is 5.56. The van der Waals surface area contributed by atoms with Crippen molar-refractivity contribution in [3.05, 3.63) is 59.4 Å². The summed E-state index contributed by atoms with van der Waals surface area (Å²) in [6.07, 6.45) is 0.925. The van der Waals surface area contributed by atoms with Gasteiger partial charge in [0.2, 0.25) is 5.91 Å². The van der Waals surface area contributed by atoms with Crippen molar-refractivity contribution in [2.45, 2.75) is 18.4 Å². The van der Waals surface area contributed by atoms with Crippen LogP contribution in [0, 0.1) is 12.7 Å². The fourth-order valence-electron chi connectivity index (χ4n) is 2.27. The minimum Gasteiger partial charge on any atom is -0.375 e. The molecule has 0 heterocycles. The monoisotopic (exact) mass is 350 g/mol. The molecule has 0 saturated heterocycles. The summed E-state index contributed by atoms with van der Waals surface area (Å²) in [4.78, 5) is 11.5. The standard InChI is InChI=1S/C17H19FN2O3S/c1-12-6-3-4-7-13(12)10-20-16(21)11-19-15-9-5-8-14(18)17(15)24(2,22)23/h3-9,19H,10-11H2,1-2H3,(H,20,21). The Balaban J connectivity index is 2.00. The molecule has 5 nitrogen and oxygen atoms in total. The Morgan fingerprint density at radius 2 is 1.83 bits per heavy atom. The third kappa shape index (κ3) is 4.55. The van der Waals surface area contributed by atoms with Gasteiger partial charge in [0.25, 0.3) is 0 Å². The van der Waals surface area contributed by atoms with Gasteiger partial charge < -0.3 is 10.6 Å². The molecule has 0 atom stereocenters. The van der Waals surface area contributed by atoms with Crippen LogP contribution in [-0.2, 0) is 21.2 Å². The van der Waals surface area contributed by atoms with Crippen molar-refractivity contribution in [2.24, 2.45) is 0 Å². The third-order valence-corrected chi connectivity index (χ3v) is 4.67. The molecule has 2 aromatic carbocycles. The fraction of sp³-hybridized carbons (Fsp3) is 0.235. The average molecular weight is 350 g/mol. The molecule has 0 fully saturated rings. The summed E-state index contributed by atoms with van der Waals surface area (Å²) in [5.74, 6) is -1.16. The maximum atomic E-state index is 13.8. The first-order valence-electron chi connectivity index (χ1n) is 7.32. The van der Waals surface area contributed by atoms with Crippen LogP contribution < -0.4 is 10.6 Å². The molecule has 2 rings (SSSR count). The lowest BCUT2D eigenvalue weighted by atomic mass is 10.1. The molecule has 0 aromatic heterocycles. The minimum atomic E-state index is -3.74. The third-order valence-electron chi connectivity index (χ3n) is 3.51. The predicted molar refractivity (Wildman–Crippen MR) is 91.0 cm³/mol. The van der Waals surface area contributed by atoms with Gasteiger partial charge in [-0.1, -0.05) is 30.3 Å². The Morgan fingerprint density at radius 1 is 1.12 bits per heavy atom. The van der Waals surface area contributed by atoms with Crippen molar-refractivity contribution < 1.29 is 17.6 Å². The summed E-state index contributed by atoms with van der Waals surface area (Å²) in [6.45, 7) is 2.16. The van der Waals surface area contributed by atoms with E-state index in [0.717, 1.165) is 23.4 Å². The Bertz CT molecular complexity index is 851. The van der Waals surface area contributed by atoms with Gasteiger partial charge in [-0.2, -0.15) is 0 Å². The van der Waals surface area contributed by atoms with Crippen molar-refractivity contribution in [3.63, 3.8) is 0 Å². The Labute approximate surface area is 140 Å². The van der Waals surface area contributed by atoms with E-state index in [4.69, 9.17) is 0 Å². The number of hydrogen-bond donors (Lipinski definition) is 2. The molecule has 0 radical (unpaired) electrons. The molecule has 7 heteroatoms. The molecule has 24 heavy (non-hydrogen) atoms. The van der Waals surface area contributed by atoms with Gasteiger partial charge in [-0.15, -0.1) is 0 Å². The predicted octanol–water partition coefficient (Wildman–Crippen LogP) is 2.27. The molecule has 0 aliphatic rings. The van der Waals surface area contributed by atoms with Crippen LogP contribution in [0.3, 0.4) is 0 Å². The molecule has 0 spiro atoms. The van der Waals surface area contributed by atoms with E-state index < -0.39 is 20.5 Å². The number of sulfone groups is 1. The lowest BCUT2D eigenvalue weighted by Crippen LogP contribution is -2.30. The molecule has 0 unspecified atom stereocenters. The summed E-state index contributed by atoms with van der Waals surface area (Å²) in [5, 5.41) is 5.42. The van der Waals surface area contributed by atoms with Crippen molar-refractivity contribution in [1.82, 2.24) is 5.32 Å². The summed E-state index contributed by atoms with van der Waals surface area (Å²) in [7, 11) is -3.74. The van der Waals surface area contributed by atoms with E-state index in [9.17, 15) is 17.6 Å². The summed E-state index contributed by atoms with van der Waals surface area (Å²) in [6, 6.07) is 11.5. The van der Waals surface area contributed by atoms with E-state index in [1.165, 1.54) is 12.1 Å². The van der Waals surface area contributed by atoms with Crippen LogP contribution in [0.4, 0.5) is 10.1 Å². The van der Waals surface area contributed by atoms with Gasteiger partial charge in [0.15, 0.2) is 9.84 Å². The van der Waals surface area contributed by atoms with Gasteiger partial charge in [-0.05, 0) is 30.2 Å². The van der Waals surface area contributed by atoms with E-state index in [0.29, 0.717) is 6.54 Å². The van der Waals surface area contributed by atoms with Crippen LogP contribution in [-0.4, -0.2) is 27.1 Å². The number of anilines is 1. The van der Waals surface area contributed by atoms with Gasteiger partial charge in [0.1, 0.15) is 10.7 Å². The summed E-state index contributed by atoms with van der Waals surface area (Å²) >= 11 is 0. The van der Waals surface area contributed by atoms with Crippen LogP contribution in [0.1, 0.15) is 11.1 Å². The number of nitrogens with one attached hydrogen (secondary N) is 2. The number of rotatable bonds is 6. The zero-order chi connectivity index (χ0) is 17.7. The second-order valence-electron chi connectivity index (χ2n) is 5.45. The first kappa shape index (κ1) is 17.9. The number of hydrogen-bond acceptors (Lipinski definition) is 4. The zero-order valence-electron chi connectivity index (χ0n) is 13.5. The van der Waals surface area contributed by atoms with Crippen LogP contribution in [0.25, 0.3) is 0 Å². The first-order valence-corrected chi connectivity index (χ1v) is 9.22. The first-order chi connectivity index (χ1) is 11.3. The number of aryl methyl sites for hydroxylation is 1. The quantitative estimate of drug-likeness (QED) is 0.838. The number of benzene rings is 2. The highest BCUT2D eigenvalue weighted by molar-refractivity contribution is 7.90. The smallest absolute Gasteiger partial charge is 0.239 e. The normalized spacial score (nSPS) is 11.1. The lowest BCUT2D eigenvalue weighted by Gasteiger charge is -2.12. The van der Waals surface area contributed by atoms with Gasteiger partial charge in [0.05, 0.1) is 12.2 Å². The van der Waals surface area contributed by atoms with Crippen molar-refractivity contribution >= 4 is 21.4 Å². The maximum Gasteiger partial charge on any atom is 0.239 e. The number of halogens is 1. The topological polar surface area (TPSA) is 75.3 Å². The highest BCUT2D eigenvalue weighted by Crippen LogP contribution is 2.24. The van der Waals surface area contributed by atoms with Gasteiger partial charge in [-0.3, -0.25) is 4.79 Å². The largest absolute Gasteiger partial charge is 0.375 e. The zero-order valence-corrected chi connectivity index (χ0v) is 14.3. The molecule has 2 N–H and O–H groups in total. The second-order valence-corrected chi connectivity index (χ2v) is 7.40. The molecule has 0 bridgehead atoms. The van der Waals surface area contributed by atoms with Crippen LogP contribution in [0.15, 0.2) is 47.4 Å². The lowest BCUT2D eigenvalue weighted by molar-refractivity contribution is -0.119. The molecule has 0 aliphatic carbocycles. The molecule has 0 aliphatic heterocycles. The van der Waals surface area contributed by atoms with E-state index in [-0.39, 0.29) is 18.1 Å². The number of amides is 1. The molecule has 2 aromatic rings. The molecular formula is C17H19FN2O3S. The Hall–Kier alpha value is -2.41. The van der Waals surface area contributed by atoms with Crippen LogP contribution in [0.5, 0.6) is 0 Å². The van der Waals surface area contributed by atoms with Gasteiger partial charge >= 0.3 is 0 Å². The molecule has 0 saturated carbocycles. The van der Waals surface area contributed by atoms with E-state index in [1.807, 2.05) is 31.2 Å². The number of carbonyl (C=O) groups is 1. The highest BCUT2D eigenvalue weighted by atomic mass is 32.2. The SMILES string of the molecule is Cc1ccccc1CNC(=O)CNc1cccc(F)c1S(C)(=O)=O. The number of carbonyl (C=O) groups excluding carboxylic acids is 1. The average Bonchev–Trinajstić information content (AvgIpc) is 2.51. The second kappa shape index (κ2) is 7.44. The van der Waals surface area contributed by atoms with Gasteiger partial charge in [-0.25, -0.2) is 12.8 Å². The van der Waals surface area contributed by atoms with Crippen molar-refractivity contribution in [3.8, 4) is 0 Å². The van der Waals surface area contributed by atoms with Crippen molar-refractivity contribution in [1.29, 1.82) is 0 Å². The van der Waals surface area contributed by atoms with Gasteiger partial charge in [0, 0.05) is 12.8 Å². The summed E-state index contributed by atoms with van der Waals surface area (Å²) in [5.41, 5.74) is 2.13. The molecule has 1 amide bonds. The minimum absolute atomic E-state index is 0.0727. The fourth-order valence-corrected chi connectivity index (χ4v) is 3.23. The molecule has 128 valence electrons.